The Bertz CT molecular complexity index is 1120. The number of ether oxygens (including phenoxy) is 1. The fourth-order valence-electron chi connectivity index (χ4n) is 8.34. The van der Waals surface area contributed by atoms with Gasteiger partial charge in [0.15, 0.2) is 11.4 Å². The number of esters is 1. The van der Waals surface area contributed by atoms with Crippen LogP contribution < -0.4 is 0 Å². The van der Waals surface area contributed by atoms with Gasteiger partial charge < -0.3 is 14.9 Å². The predicted molar refractivity (Wildman–Crippen MR) is 129 cm³/mol. The normalized spacial score (nSPS) is 41.9. The van der Waals surface area contributed by atoms with Gasteiger partial charge in [0.05, 0.1) is 11.7 Å². The van der Waals surface area contributed by atoms with E-state index in [9.17, 15) is 24.6 Å². The average Bonchev–Trinajstić information content (AvgIpc) is 3.12. The van der Waals surface area contributed by atoms with E-state index in [0.29, 0.717) is 18.4 Å². The summed E-state index contributed by atoms with van der Waals surface area (Å²) < 4.78 is 6.08. The zero-order valence-corrected chi connectivity index (χ0v) is 20.6. The smallest absolute Gasteiger partial charge is 0.339 e. The van der Waals surface area contributed by atoms with Gasteiger partial charge in [-0.25, -0.2) is 4.79 Å². The minimum absolute atomic E-state index is 0.0147. The van der Waals surface area contributed by atoms with Crippen LogP contribution >= 0.6 is 0 Å². The molecule has 4 aliphatic carbocycles. The molecule has 0 spiro atoms. The second kappa shape index (κ2) is 8.24. The van der Waals surface area contributed by atoms with Gasteiger partial charge >= 0.3 is 5.97 Å². The summed E-state index contributed by atoms with van der Waals surface area (Å²) >= 11 is 0. The lowest BCUT2D eigenvalue weighted by atomic mass is 9.44. The molecule has 3 saturated carbocycles. The molecule has 1 unspecified atom stereocenters. The lowest BCUT2D eigenvalue weighted by molar-refractivity contribution is -0.181. The van der Waals surface area contributed by atoms with Crippen LogP contribution in [-0.4, -0.2) is 46.1 Å². The number of hydrogen-bond acceptors (Lipinski definition) is 6. The number of ketones is 2. The van der Waals surface area contributed by atoms with E-state index in [2.05, 4.69) is 13.8 Å². The van der Waals surface area contributed by atoms with Crippen molar-refractivity contribution in [3.05, 3.63) is 59.7 Å². The number of rotatable bonds is 4. The van der Waals surface area contributed by atoms with Gasteiger partial charge in [0.1, 0.15) is 6.61 Å². The Hall–Kier alpha value is -2.57. The van der Waals surface area contributed by atoms with E-state index in [1.165, 1.54) is 0 Å². The van der Waals surface area contributed by atoms with Crippen molar-refractivity contribution in [1.82, 2.24) is 0 Å². The van der Waals surface area contributed by atoms with Crippen LogP contribution in [0, 0.1) is 34.5 Å². The van der Waals surface area contributed by atoms with Crippen LogP contribution in [0.15, 0.2) is 54.1 Å². The number of Topliss-reactive ketones (excluding diaryl/α,β-unsaturated/α-hetero) is 1. The summed E-state index contributed by atoms with van der Waals surface area (Å²) in [6, 6.07) is 8.57. The van der Waals surface area contributed by atoms with Crippen LogP contribution in [0.1, 0.15) is 56.8 Å². The summed E-state index contributed by atoms with van der Waals surface area (Å²) in [5.41, 5.74) is -1.33. The topological polar surface area (TPSA) is 101 Å². The first-order valence-corrected chi connectivity index (χ1v) is 12.6. The van der Waals surface area contributed by atoms with Crippen molar-refractivity contribution in [2.75, 3.05) is 6.61 Å². The van der Waals surface area contributed by atoms with Crippen LogP contribution in [0.4, 0.5) is 0 Å². The lowest BCUT2D eigenvalue weighted by Crippen LogP contribution is -2.63. The number of hydrogen-bond donors (Lipinski definition) is 2. The number of carbonyl (C=O) groups is 3. The summed E-state index contributed by atoms with van der Waals surface area (Å²) in [6.45, 7) is 5.47. The third-order valence-electron chi connectivity index (χ3n) is 9.81. The highest BCUT2D eigenvalue weighted by molar-refractivity contribution is 6.01. The Labute approximate surface area is 206 Å². The molecule has 186 valence electrons. The van der Waals surface area contributed by atoms with Crippen molar-refractivity contribution >= 4 is 17.5 Å². The molecule has 6 heteroatoms. The Morgan fingerprint density at radius 2 is 1.89 bits per heavy atom. The quantitative estimate of drug-likeness (QED) is 0.641. The van der Waals surface area contributed by atoms with Gasteiger partial charge in [0.2, 0.25) is 5.78 Å². The highest BCUT2D eigenvalue weighted by Gasteiger charge is 2.70. The highest BCUT2D eigenvalue weighted by atomic mass is 16.6. The van der Waals surface area contributed by atoms with Gasteiger partial charge in [-0.15, -0.1) is 0 Å². The summed E-state index contributed by atoms with van der Waals surface area (Å²) in [5.74, 6) is -0.939. The van der Waals surface area contributed by atoms with Crippen LogP contribution in [0.2, 0.25) is 0 Å². The van der Waals surface area contributed by atoms with E-state index in [-0.39, 0.29) is 35.9 Å². The number of aliphatic hydroxyl groups is 2. The van der Waals surface area contributed by atoms with E-state index < -0.39 is 40.9 Å². The summed E-state index contributed by atoms with van der Waals surface area (Å²) in [5, 5.41) is 21.6. The summed E-state index contributed by atoms with van der Waals surface area (Å²) in [4.78, 5) is 38.7. The highest BCUT2D eigenvalue weighted by Crippen LogP contribution is 2.68. The molecule has 8 atom stereocenters. The zero-order valence-electron chi connectivity index (χ0n) is 20.6. The first kappa shape index (κ1) is 24.1. The van der Waals surface area contributed by atoms with Gasteiger partial charge in [-0.2, -0.15) is 0 Å². The van der Waals surface area contributed by atoms with Crippen molar-refractivity contribution in [2.45, 2.75) is 58.2 Å². The minimum atomic E-state index is -1.50. The van der Waals surface area contributed by atoms with E-state index in [0.717, 1.165) is 12.0 Å². The third-order valence-corrected chi connectivity index (χ3v) is 9.81. The van der Waals surface area contributed by atoms with Gasteiger partial charge in [0, 0.05) is 16.7 Å². The molecule has 0 heterocycles. The Morgan fingerprint density at radius 1 is 1.17 bits per heavy atom. The summed E-state index contributed by atoms with van der Waals surface area (Å²) in [7, 11) is 0. The van der Waals surface area contributed by atoms with Crippen LogP contribution in [0.25, 0.3) is 0 Å². The molecule has 3 fully saturated rings. The van der Waals surface area contributed by atoms with Gasteiger partial charge in [-0.1, -0.05) is 50.6 Å². The maximum absolute atomic E-state index is 13.4. The fraction of sp³-hybridized carbons (Fsp3) is 0.552. The molecule has 0 amide bonds. The van der Waals surface area contributed by atoms with E-state index in [1.807, 2.05) is 13.0 Å². The largest absolute Gasteiger partial charge is 0.447 e. The maximum Gasteiger partial charge on any atom is 0.339 e. The van der Waals surface area contributed by atoms with Crippen molar-refractivity contribution in [2.24, 2.45) is 34.5 Å². The van der Waals surface area contributed by atoms with Crippen LogP contribution in [0.3, 0.4) is 0 Å². The molecule has 0 bridgehead atoms. The number of carbonyl (C=O) groups excluding carboxylic acids is 3. The molecule has 0 saturated heterocycles. The number of allylic oxidation sites excluding steroid dienone is 4. The Kier molecular flexibility index (Phi) is 5.68. The van der Waals surface area contributed by atoms with Crippen LogP contribution in [0.5, 0.6) is 0 Å². The third kappa shape index (κ3) is 3.33. The van der Waals surface area contributed by atoms with Crippen LogP contribution in [-0.2, 0) is 14.3 Å². The molecular formula is C29H34O6. The molecule has 1 aromatic rings. The van der Waals surface area contributed by atoms with E-state index in [1.54, 1.807) is 42.5 Å². The van der Waals surface area contributed by atoms with Crippen molar-refractivity contribution in [3.8, 4) is 0 Å². The Balaban J connectivity index is 1.55. The fourth-order valence-corrected chi connectivity index (χ4v) is 8.34. The lowest BCUT2D eigenvalue weighted by Gasteiger charge is -2.61. The second-order valence-electron chi connectivity index (χ2n) is 11.4. The minimum Gasteiger partial charge on any atom is -0.447 e. The number of aliphatic hydroxyl groups excluding tert-OH is 2. The predicted octanol–water partition coefficient (Wildman–Crippen LogP) is 3.67. The molecule has 4 aliphatic rings. The second-order valence-corrected chi connectivity index (χ2v) is 11.4. The molecular weight excluding hydrogens is 444 g/mol. The first-order valence-electron chi connectivity index (χ1n) is 12.6. The zero-order chi connectivity index (χ0) is 25.2. The molecule has 1 aromatic carbocycles. The summed E-state index contributed by atoms with van der Waals surface area (Å²) in [6.07, 6.45) is 6.62. The molecule has 0 radical (unpaired) electrons. The molecule has 0 aromatic heterocycles. The van der Waals surface area contributed by atoms with Crippen molar-refractivity contribution < 1.29 is 29.3 Å². The SMILES string of the molecule is CC1C[C@@H]2[C@H]([C@@H](O)C[C@@]3(C)[C@H]2CC[C@@]3(OC(=O)c2ccccc2)C(=O)CO)[C@@]2(C)C=CC(=O)C=C12. The van der Waals surface area contributed by atoms with Crippen molar-refractivity contribution in [1.29, 1.82) is 0 Å². The van der Waals surface area contributed by atoms with Gasteiger partial charge in [0.25, 0.3) is 0 Å². The van der Waals surface area contributed by atoms with Crippen molar-refractivity contribution in [3.63, 3.8) is 0 Å². The van der Waals surface area contributed by atoms with E-state index in [4.69, 9.17) is 4.74 Å². The van der Waals surface area contributed by atoms with Gasteiger partial charge in [-0.3, -0.25) is 9.59 Å². The monoisotopic (exact) mass is 478 g/mol. The Morgan fingerprint density at radius 3 is 2.57 bits per heavy atom. The average molecular weight is 479 g/mol. The molecule has 6 nitrogen and oxygen atoms in total. The molecule has 0 aliphatic heterocycles. The number of benzene rings is 1. The molecule has 5 rings (SSSR count). The standard InChI is InChI=1S/C29H34O6/c1-17-13-20-21-10-12-29(24(33)16-30,35-26(34)18-7-5-4-6-8-18)28(21,3)15-23(32)25(20)27(2)11-9-19(31)14-22(17)27/h4-9,11,14,17,20-21,23,25,30,32H,10,12-13,15-16H2,1-3H3/t17?,20-,21-,23-,25+,27-,28-,29+/m0/s1. The first-order chi connectivity index (χ1) is 16.6. The number of fused-ring (bicyclic) bond motifs is 5. The molecule has 35 heavy (non-hydrogen) atoms. The molecule has 2 N–H and O–H groups in total. The van der Waals surface area contributed by atoms with Gasteiger partial charge in [-0.05, 0) is 67.7 Å². The van der Waals surface area contributed by atoms with E-state index >= 15 is 0 Å². The maximum atomic E-state index is 13.4.